The third-order valence-electron chi connectivity index (χ3n) is 2.94. The van der Waals surface area contributed by atoms with Gasteiger partial charge in [-0.15, -0.1) is 13.2 Å². The normalized spacial score (nSPS) is 12.2. The fourth-order valence-corrected chi connectivity index (χ4v) is 2.19. The standard InChI is InChI=1S/C13H17ClF3NO2.C2H6/c1-3-9(8-19)18(4-2)10-5-6-12(11(14)7-10)20-13(15,16)17;1-2/h5-7,9,19H,3-4,8H2,1-2H3;1-2H3. The van der Waals surface area contributed by atoms with E-state index in [0.717, 1.165) is 0 Å². The second kappa shape index (κ2) is 9.79. The van der Waals surface area contributed by atoms with Crippen LogP contribution in [0.2, 0.25) is 5.02 Å². The van der Waals surface area contributed by atoms with Gasteiger partial charge in [-0.3, -0.25) is 0 Å². The average molecular weight is 342 g/mol. The summed E-state index contributed by atoms with van der Waals surface area (Å²) in [5.74, 6) is -0.434. The van der Waals surface area contributed by atoms with Crippen LogP contribution in [-0.2, 0) is 0 Å². The summed E-state index contributed by atoms with van der Waals surface area (Å²) in [5, 5.41) is 9.20. The van der Waals surface area contributed by atoms with Crippen LogP contribution < -0.4 is 9.64 Å². The third kappa shape index (κ3) is 6.32. The van der Waals surface area contributed by atoms with Crippen LogP contribution in [-0.4, -0.2) is 30.7 Å². The Labute approximate surface area is 134 Å². The average Bonchev–Trinajstić information content (AvgIpc) is 2.47. The second-order valence-electron chi connectivity index (χ2n) is 4.19. The maximum atomic E-state index is 12.2. The summed E-state index contributed by atoms with van der Waals surface area (Å²) in [5.41, 5.74) is 0.646. The summed E-state index contributed by atoms with van der Waals surface area (Å²) < 4.78 is 40.3. The van der Waals surface area contributed by atoms with Crippen molar-refractivity contribution in [2.45, 2.75) is 46.5 Å². The van der Waals surface area contributed by atoms with Gasteiger partial charge in [-0.2, -0.15) is 0 Å². The Balaban J connectivity index is 0.00000211. The number of anilines is 1. The first-order valence-corrected chi connectivity index (χ1v) is 7.63. The van der Waals surface area contributed by atoms with Gasteiger partial charge in [-0.1, -0.05) is 32.4 Å². The Kier molecular flexibility index (Phi) is 9.28. The van der Waals surface area contributed by atoms with Gasteiger partial charge in [0.1, 0.15) is 5.75 Å². The van der Waals surface area contributed by atoms with Crippen molar-refractivity contribution in [3.8, 4) is 5.75 Å². The number of ether oxygens (including phenoxy) is 1. The number of hydrogen-bond acceptors (Lipinski definition) is 3. The van der Waals surface area contributed by atoms with Crippen molar-refractivity contribution in [2.75, 3.05) is 18.1 Å². The molecule has 1 atom stereocenters. The highest BCUT2D eigenvalue weighted by atomic mass is 35.5. The van der Waals surface area contributed by atoms with Crippen molar-refractivity contribution in [3.05, 3.63) is 23.2 Å². The molecule has 0 amide bonds. The fourth-order valence-electron chi connectivity index (χ4n) is 1.98. The van der Waals surface area contributed by atoms with Crippen molar-refractivity contribution < 1.29 is 23.0 Å². The first-order valence-electron chi connectivity index (χ1n) is 7.25. The number of alkyl halides is 3. The minimum absolute atomic E-state index is 0.0389. The molecule has 0 saturated heterocycles. The van der Waals surface area contributed by atoms with Gasteiger partial charge >= 0.3 is 6.36 Å². The Bertz CT molecular complexity index is 437. The zero-order valence-corrected chi connectivity index (χ0v) is 14.0. The maximum Gasteiger partial charge on any atom is 0.573 e. The van der Waals surface area contributed by atoms with E-state index in [9.17, 15) is 18.3 Å². The lowest BCUT2D eigenvalue weighted by Crippen LogP contribution is -2.37. The van der Waals surface area contributed by atoms with Gasteiger partial charge in [0.15, 0.2) is 0 Å². The van der Waals surface area contributed by atoms with Crippen LogP contribution >= 0.6 is 11.6 Å². The lowest BCUT2D eigenvalue weighted by molar-refractivity contribution is -0.274. The first-order chi connectivity index (χ1) is 10.3. The maximum absolute atomic E-state index is 12.2. The molecule has 0 fully saturated rings. The van der Waals surface area contributed by atoms with E-state index < -0.39 is 12.1 Å². The molecule has 1 aromatic rings. The molecule has 0 radical (unpaired) electrons. The largest absolute Gasteiger partial charge is 0.573 e. The molecule has 0 aromatic heterocycles. The van der Waals surface area contributed by atoms with Crippen molar-refractivity contribution in [2.24, 2.45) is 0 Å². The number of rotatable bonds is 6. The van der Waals surface area contributed by atoms with Gasteiger partial charge in [0.2, 0.25) is 0 Å². The number of halogens is 4. The van der Waals surface area contributed by atoms with Crippen molar-refractivity contribution in [3.63, 3.8) is 0 Å². The molecule has 22 heavy (non-hydrogen) atoms. The van der Waals surface area contributed by atoms with Gasteiger partial charge < -0.3 is 14.7 Å². The van der Waals surface area contributed by atoms with Crippen LogP contribution in [0.5, 0.6) is 5.75 Å². The predicted molar refractivity (Wildman–Crippen MR) is 83.7 cm³/mol. The van der Waals surface area contributed by atoms with E-state index in [1.165, 1.54) is 18.2 Å². The molecule has 0 aliphatic carbocycles. The van der Waals surface area contributed by atoms with Gasteiger partial charge in [-0.25, -0.2) is 0 Å². The molecular formula is C15H23ClF3NO2. The summed E-state index contributed by atoms with van der Waals surface area (Å²) >= 11 is 5.81. The first kappa shape index (κ1) is 20.9. The van der Waals surface area contributed by atoms with Crippen LogP contribution in [0.4, 0.5) is 18.9 Å². The van der Waals surface area contributed by atoms with E-state index in [-0.39, 0.29) is 17.7 Å². The molecule has 1 unspecified atom stereocenters. The van der Waals surface area contributed by atoms with Gasteiger partial charge in [0, 0.05) is 12.2 Å². The molecule has 1 N–H and O–H groups in total. The van der Waals surface area contributed by atoms with Gasteiger partial charge in [0.05, 0.1) is 17.7 Å². The highest BCUT2D eigenvalue weighted by Gasteiger charge is 2.32. The number of hydrogen-bond donors (Lipinski definition) is 1. The lowest BCUT2D eigenvalue weighted by atomic mass is 10.1. The SMILES string of the molecule is CC.CCC(CO)N(CC)c1ccc(OC(F)(F)F)c(Cl)c1. The smallest absolute Gasteiger partial charge is 0.404 e. The Hall–Kier alpha value is -1.14. The van der Waals surface area contributed by atoms with Crippen LogP contribution in [0.1, 0.15) is 34.1 Å². The molecule has 7 heteroatoms. The number of nitrogens with zero attached hydrogens (tertiary/aromatic N) is 1. The fraction of sp³-hybridized carbons (Fsp3) is 0.600. The van der Waals surface area contributed by atoms with Crippen molar-refractivity contribution in [1.82, 2.24) is 0 Å². The summed E-state index contributed by atoms with van der Waals surface area (Å²) in [7, 11) is 0. The van der Waals surface area contributed by atoms with Crippen LogP contribution in [0, 0.1) is 0 Å². The van der Waals surface area contributed by atoms with Crippen molar-refractivity contribution in [1.29, 1.82) is 0 Å². The zero-order chi connectivity index (χ0) is 17.3. The lowest BCUT2D eigenvalue weighted by Gasteiger charge is -2.31. The molecule has 0 saturated carbocycles. The van der Waals surface area contributed by atoms with E-state index in [1.807, 2.05) is 32.6 Å². The predicted octanol–water partition coefficient (Wildman–Crippen LogP) is 4.86. The Morgan fingerprint density at radius 3 is 2.23 bits per heavy atom. The van der Waals surface area contributed by atoms with Crippen molar-refractivity contribution >= 4 is 17.3 Å². The van der Waals surface area contributed by atoms with E-state index >= 15 is 0 Å². The molecule has 128 valence electrons. The molecule has 0 aliphatic rings. The Morgan fingerprint density at radius 1 is 1.27 bits per heavy atom. The number of benzene rings is 1. The third-order valence-corrected chi connectivity index (χ3v) is 3.23. The topological polar surface area (TPSA) is 32.7 Å². The molecular weight excluding hydrogens is 319 g/mol. The summed E-state index contributed by atoms with van der Waals surface area (Å²) in [6, 6.07) is 3.97. The molecule has 0 bridgehead atoms. The highest BCUT2D eigenvalue weighted by Crippen LogP contribution is 2.33. The molecule has 1 aromatic carbocycles. The minimum atomic E-state index is -4.77. The minimum Gasteiger partial charge on any atom is -0.404 e. The van der Waals surface area contributed by atoms with Gasteiger partial charge in [0.25, 0.3) is 0 Å². The molecule has 0 aliphatic heterocycles. The monoisotopic (exact) mass is 341 g/mol. The summed E-state index contributed by atoms with van der Waals surface area (Å²) in [4.78, 5) is 1.88. The van der Waals surface area contributed by atoms with Crippen LogP contribution in [0.3, 0.4) is 0 Å². The molecule has 0 heterocycles. The molecule has 1 rings (SSSR count). The van der Waals surface area contributed by atoms with Gasteiger partial charge in [-0.05, 0) is 31.5 Å². The second-order valence-corrected chi connectivity index (χ2v) is 4.60. The van der Waals surface area contributed by atoms with Crippen LogP contribution in [0.25, 0.3) is 0 Å². The van der Waals surface area contributed by atoms with E-state index in [1.54, 1.807) is 0 Å². The number of likely N-dealkylation sites (N-methyl/N-ethyl adjacent to an activating group) is 1. The van der Waals surface area contributed by atoms with Crippen LogP contribution in [0.15, 0.2) is 18.2 Å². The van der Waals surface area contributed by atoms with E-state index in [4.69, 9.17) is 11.6 Å². The number of aliphatic hydroxyl groups excluding tert-OH is 1. The highest BCUT2D eigenvalue weighted by molar-refractivity contribution is 6.32. The van der Waals surface area contributed by atoms with E-state index in [0.29, 0.717) is 18.7 Å². The molecule has 0 spiro atoms. The summed E-state index contributed by atoms with van der Waals surface area (Å²) in [6.07, 6.45) is -4.06. The molecule has 3 nitrogen and oxygen atoms in total. The van der Waals surface area contributed by atoms with E-state index in [2.05, 4.69) is 4.74 Å². The zero-order valence-electron chi connectivity index (χ0n) is 13.2. The quantitative estimate of drug-likeness (QED) is 0.801. The number of aliphatic hydroxyl groups is 1. The Morgan fingerprint density at radius 2 is 1.86 bits per heavy atom. The summed E-state index contributed by atoms with van der Waals surface area (Å²) in [6.45, 7) is 8.39.